The number of ether oxygens (including phenoxy) is 1. The number of rotatable bonds is 7. The predicted octanol–water partition coefficient (Wildman–Crippen LogP) is 2.57. The average Bonchev–Trinajstić information content (AvgIpc) is 3.15. The van der Waals surface area contributed by atoms with Gasteiger partial charge in [-0.15, -0.1) is 0 Å². The van der Waals surface area contributed by atoms with Crippen molar-refractivity contribution < 1.29 is 9.53 Å². The number of carbonyl (C=O) groups excluding carboxylic acids is 1. The number of hydrogen-bond donors (Lipinski definition) is 1. The van der Waals surface area contributed by atoms with E-state index in [1.54, 1.807) is 0 Å². The Bertz CT molecular complexity index is 342. The zero-order valence-electron chi connectivity index (χ0n) is 14.0. The third kappa shape index (κ3) is 3.98. The molecule has 1 heterocycles. The quantitative estimate of drug-likeness (QED) is 0.733. The first-order valence-corrected chi connectivity index (χ1v) is 8.71. The van der Waals surface area contributed by atoms with Crippen LogP contribution >= 0.6 is 0 Å². The van der Waals surface area contributed by atoms with Crippen molar-refractivity contribution >= 4 is 5.97 Å². The van der Waals surface area contributed by atoms with E-state index in [0.717, 1.165) is 24.9 Å². The lowest BCUT2D eigenvalue weighted by Crippen LogP contribution is -2.51. The van der Waals surface area contributed by atoms with E-state index in [1.807, 2.05) is 20.9 Å². The lowest BCUT2D eigenvalue weighted by Gasteiger charge is -2.33. The van der Waals surface area contributed by atoms with E-state index in [2.05, 4.69) is 10.2 Å². The molecule has 1 aliphatic carbocycles. The molecule has 122 valence electrons. The van der Waals surface area contributed by atoms with Crippen molar-refractivity contribution in [2.75, 3.05) is 26.7 Å². The summed E-state index contributed by atoms with van der Waals surface area (Å²) in [7, 11) is 1.86. The number of nitrogens with zero attached hydrogens (tertiary/aromatic N) is 1. The number of likely N-dealkylation sites (N-methyl/N-ethyl adjacent to an activating group) is 1. The molecule has 0 aromatic heterocycles. The van der Waals surface area contributed by atoms with E-state index in [9.17, 15) is 4.79 Å². The maximum atomic E-state index is 12.1. The molecule has 2 rings (SSSR count). The Balaban J connectivity index is 1.89. The van der Waals surface area contributed by atoms with Gasteiger partial charge in [0.2, 0.25) is 0 Å². The van der Waals surface area contributed by atoms with Crippen LogP contribution in [0.4, 0.5) is 0 Å². The average molecular weight is 296 g/mol. The second-order valence-electron chi connectivity index (χ2n) is 6.84. The topological polar surface area (TPSA) is 41.6 Å². The minimum Gasteiger partial charge on any atom is -0.465 e. The number of nitrogens with one attached hydrogen (secondary N) is 1. The minimum atomic E-state index is -0.557. The van der Waals surface area contributed by atoms with Gasteiger partial charge in [0, 0.05) is 12.6 Å². The highest BCUT2D eigenvalue weighted by atomic mass is 16.5. The van der Waals surface area contributed by atoms with E-state index in [1.165, 1.54) is 45.1 Å². The summed E-state index contributed by atoms with van der Waals surface area (Å²) >= 11 is 0. The molecule has 2 unspecified atom stereocenters. The van der Waals surface area contributed by atoms with Crippen molar-refractivity contribution in [1.29, 1.82) is 0 Å². The van der Waals surface area contributed by atoms with E-state index in [4.69, 9.17) is 4.74 Å². The van der Waals surface area contributed by atoms with Crippen LogP contribution < -0.4 is 5.32 Å². The van der Waals surface area contributed by atoms with Gasteiger partial charge in [0.05, 0.1) is 6.61 Å². The number of likely N-dealkylation sites (tertiary alicyclic amines) is 1. The summed E-state index contributed by atoms with van der Waals surface area (Å²) in [6.45, 7) is 6.47. The molecule has 2 atom stereocenters. The van der Waals surface area contributed by atoms with Crippen molar-refractivity contribution in [3.63, 3.8) is 0 Å². The van der Waals surface area contributed by atoms with Crippen molar-refractivity contribution in [2.24, 2.45) is 5.92 Å². The van der Waals surface area contributed by atoms with Crippen LogP contribution in [0.1, 0.15) is 58.8 Å². The second-order valence-corrected chi connectivity index (χ2v) is 6.84. The van der Waals surface area contributed by atoms with Crippen molar-refractivity contribution in [3.8, 4) is 0 Å². The molecule has 21 heavy (non-hydrogen) atoms. The molecule has 0 amide bonds. The molecule has 4 nitrogen and oxygen atoms in total. The number of hydrogen-bond acceptors (Lipinski definition) is 4. The Morgan fingerprint density at radius 1 is 1.29 bits per heavy atom. The van der Waals surface area contributed by atoms with Crippen LogP contribution in [0.3, 0.4) is 0 Å². The monoisotopic (exact) mass is 296 g/mol. The fourth-order valence-corrected chi connectivity index (χ4v) is 3.99. The Kier molecular flexibility index (Phi) is 6.06. The molecule has 0 aromatic rings. The van der Waals surface area contributed by atoms with Gasteiger partial charge in [-0.1, -0.05) is 12.8 Å². The minimum absolute atomic E-state index is 0.121. The van der Waals surface area contributed by atoms with Crippen LogP contribution in [0.25, 0.3) is 0 Å². The van der Waals surface area contributed by atoms with Gasteiger partial charge < -0.3 is 15.0 Å². The highest BCUT2D eigenvalue weighted by Crippen LogP contribution is 2.35. The normalized spacial score (nSPS) is 26.9. The SMILES string of the molecule is CCOC(=O)C(C)(CCN1CCCC1C1CCCC1)NC. The third-order valence-corrected chi connectivity index (χ3v) is 5.53. The Morgan fingerprint density at radius 2 is 2.00 bits per heavy atom. The van der Waals surface area contributed by atoms with Gasteiger partial charge >= 0.3 is 5.97 Å². The zero-order valence-corrected chi connectivity index (χ0v) is 14.0. The summed E-state index contributed by atoms with van der Waals surface area (Å²) in [4.78, 5) is 14.8. The largest absolute Gasteiger partial charge is 0.465 e. The molecule has 2 fully saturated rings. The molecule has 4 heteroatoms. The van der Waals surface area contributed by atoms with Gasteiger partial charge in [-0.25, -0.2) is 0 Å². The van der Waals surface area contributed by atoms with Gasteiger partial charge in [-0.05, 0) is 65.5 Å². The standard InChI is InChI=1S/C17H32N2O2/c1-4-21-16(20)17(2,18-3)11-13-19-12-7-10-15(19)14-8-5-6-9-14/h14-15,18H,4-13H2,1-3H3. The van der Waals surface area contributed by atoms with E-state index >= 15 is 0 Å². The lowest BCUT2D eigenvalue weighted by molar-refractivity contribution is -0.150. The molecule has 0 radical (unpaired) electrons. The van der Waals surface area contributed by atoms with Crippen molar-refractivity contribution in [2.45, 2.75) is 70.4 Å². The third-order valence-electron chi connectivity index (χ3n) is 5.53. The first-order valence-electron chi connectivity index (χ1n) is 8.71. The molecule has 1 saturated heterocycles. The molecule has 2 aliphatic rings. The van der Waals surface area contributed by atoms with Crippen molar-refractivity contribution in [3.05, 3.63) is 0 Å². The molecular formula is C17H32N2O2. The van der Waals surface area contributed by atoms with Gasteiger partial charge in [0.1, 0.15) is 5.54 Å². The molecule has 0 bridgehead atoms. The van der Waals surface area contributed by atoms with Crippen LogP contribution in [0, 0.1) is 5.92 Å². The van der Waals surface area contributed by atoms with Crippen LogP contribution in [-0.2, 0) is 9.53 Å². The second kappa shape index (κ2) is 7.59. The van der Waals surface area contributed by atoms with Crippen LogP contribution in [0.15, 0.2) is 0 Å². The molecular weight excluding hydrogens is 264 g/mol. The Hall–Kier alpha value is -0.610. The molecule has 0 aromatic carbocycles. The number of carbonyl (C=O) groups is 1. The highest BCUT2D eigenvalue weighted by Gasteiger charge is 2.37. The van der Waals surface area contributed by atoms with Crippen LogP contribution in [0.2, 0.25) is 0 Å². The Morgan fingerprint density at radius 3 is 2.62 bits per heavy atom. The Labute approximate surface area is 129 Å². The first kappa shape index (κ1) is 16.8. The van der Waals surface area contributed by atoms with Gasteiger partial charge in [-0.2, -0.15) is 0 Å². The van der Waals surface area contributed by atoms with Gasteiger partial charge in [0.15, 0.2) is 0 Å². The smallest absolute Gasteiger partial charge is 0.326 e. The molecule has 0 spiro atoms. The summed E-state index contributed by atoms with van der Waals surface area (Å²) in [5.41, 5.74) is -0.557. The molecule has 1 aliphatic heterocycles. The fraction of sp³-hybridized carbons (Fsp3) is 0.941. The number of esters is 1. The first-order chi connectivity index (χ1) is 10.1. The summed E-state index contributed by atoms with van der Waals surface area (Å²) in [6, 6.07) is 0.760. The van der Waals surface area contributed by atoms with Crippen LogP contribution in [-0.4, -0.2) is 49.2 Å². The van der Waals surface area contributed by atoms with Crippen LogP contribution in [0.5, 0.6) is 0 Å². The lowest BCUT2D eigenvalue weighted by atomic mass is 9.94. The van der Waals surface area contributed by atoms with Gasteiger partial charge in [-0.3, -0.25) is 4.79 Å². The highest BCUT2D eigenvalue weighted by molar-refractivity contribution is 5.80. The summed E-state index contributed by atoms with van der Waals surface area (Å²) in [5, 5.41) is 3.17. The maximum Gasteiger partial charge on any atom is 0.326 e. The van der Waals surface area contributed by atoms with E-state index in [0.29, 0.717) is 6.61 Å². The van der Waals surface area contributed by atoms with Crippen molar-refractivity contribution in [1.82, 2.24) is 10.2 Å². The van der Waals surface area contributed by atoms with E-state index in [-0.39, 0.29) is 5.97 Å². The summed E-state index contributed by atoms with van der Waals surface area (Å²) in [5.74, 6) is 0.778. The van der Waals surface area contributed by atoms with E-state index < -0.39 is 5.54 Å². The predicted molar refractivity (Wildman–Crippen MR) is 85.3 cm³/mol. The summed E-state index contributed by atoms with van der Waals surface area (Å²) in [6.07, 6.45) is 9.12. The fourth-order valence-electron chi connectivity index (χ4n) is 3.99. The zero-order chi connectivity index (χ0) is 15.3. The molecule has 1 saturated carbocycles. The maximum absolute atomic E-state index is 12.1. The van der Waals surface area contributed by atoms with Gasteiger partial charge in [0.25, 0.3) is 0 Å². The molecule has 1 N–H and O–H groups in total. The summed E-state index contributed by atoms with van der Waals surface area (Å²) < 4.78 is 5.22.